The second kappa shape index (κ2) is 4.22. The maximum atomic E-state index is 3.72. The van der Waals surface area contributed by atoms with E-state index in [0.29, 0.717) is 5.41 Å². The highest BCUT2D eigenvalue weighted by atomic mass is 14.9. The predicted octanol–water partition coefficient (Wildman–Crippen LogP) is 3.34. The number of nitrogens with one attached hydrogen (secondary N) is 1. The van der Waals surface area contributed by atoms with Crippen molar-refractivity contribution in [1.29, 1.82) is 0 Å². The summed E-state index contributed by atoms with van der Waals surface area (Å²) in [5.41, 5.74) is 0.605. The van der Waals surface area contributed by atoms with Crippen molar-refractivity contribution in [2.75, 3.05) is 6.54 Å². The lowest BCUT2D eigenvalue weighted by atomic mass is 9.92. The average molecular weight is 195 g/mol. The standard InChI is InChI=1S/C13H25N/c1-13(2)8-7-12(10-13)14-9-3-4-11-5-6-11/h11-12,14H,3-10H2,1-2H3. The van der Waals surface area contributed by atoms with E-state index >= 15 is 0 Å². The van der Waals surface area contributed by atoms with Gasteiger partial charge >= 0.3 is 0 Å². The van der Waals surface area contributed by atoms with E-state index in [4.69, 9.17) is 0 Å². The molecule has 0 saturated heterocycles. The smallest absolute Gasteiger partial charge is 0.00723 e. The van der Waals surface area contributed by atoms with Gasteiger partial charge in [0, 0.05) is 6.04 Å². The van der Waals surface area contributed by atoms with E-state index in [-0.39, 0.29) is 0 Å². The molecule has 1 N–H and O–H groups in total. The molecular weight excluding hydrogens is 170 g/mol. The molecule has 0 aromatic carbocycles. The van der Waals surface area contributed by atoms with Crippen molar-refractivity contribution in [1.82, 2.24) is 5.32 Å². The van der Waals surface area contributed by atoms with Gasteiger partial charge in [0.05, 0.1) is 0 Å². The molecule has 0 bridgehead atoms. The second-order valence-electron chi connectivity index (χ2n) is 6.14. The van der Waals surface area contributed by atoms with E-state index in [1.54, 1.807) is 0 Å². The minimum atomic E-state index is 0.605. The minimum absolute atomic E-state index is 0.605. The van der Waals surface area contributed by atoms with Crippen LogP contribution in [0.1, 0.15) is 58.8 Å². The first-order chi connectivity index (χ1) is 6.66. The summed E-state index contributed by atoms with van der Waals surface area (Å²) in [5, 5.41) is 3.72. The maximum Gasteiger partial charge on any atom is 0.00723 e. The van der Waals surface area contributed by atoms with E-state index in [1.165, 1.54) is 51.5 Å². The second-order valence-corrected chi connectivity index (χ2v) is 6.14. The van der Waals surface area contributed by atoms with Crippen LogP contribution in [0.5, 0.6) is 0 Å². The topological polar surface area (TPSA) is 12.0 Å². The van der Waals surface area contributed by atoms with Crippen LogP contribution in [-0.4, -0.2) is 12.6 Å². The van der Waals surface area contributed by atoms with Crippen LogP contribution in [-0.2, 0) is 0 Å². The molecule has 1 atom stereocenters. The van der Waals surface area contributed by atoms with E-state index in [1.807, 2.05) is 0 Å². The highest BCUT2D eigenvalue weighted by molar-refractivity contribution is 4.86. The summed E-state index contributed by atoms with van der Waals surface area (Å²) >= 11 is 0. The molecule has 2 rings (SSSR count). The lowest BCUT2D eigenvalue weighted by Crippen LogP contribution is -2.28. The van der Waals surface area contributed by atoms with Gasteiger partial charge in [-0.2, -0.15) is 0 Å². The van der Waals surface area contributed by atoms with Crippen molar-refractivity contribution in [2.24, 2.45) is 11.3 Å². The first-order valence-corrected chi connectivity index (χ1v) is 6.39. The van der Waals surface area contributed by atoms with Gasteiger partial charge < -0.3 is 5.32 Å². The molecule has 0 aliphatic heterocycles. The molecule has 1 nitrogen and oxygen atoms in total. The average Bonchev–Trinajstić information content (AvgIpc) is 2.86. The van der Waals surface area contributed by atoms with E-state index in [2.05, 4.69) is 19.2 Å². The zero-order valence-electron chi connectivity index (χ0n) is 9.81. The zero-order valence-corrected chi connectivity index (χ0v) is 9.81. The van der Waals surface area contributed by atoms with Gasteiger partial charge in [0.1, 0.15) is 0 Å². The monoisotopic (exact) mass is 195 g/mol. The van der Waals surface area contributed by atoms with E-state index in [0.717, 1.165) is 12.0 Å². The highest BCUT2D eigenvalue weighted by Crippen LogP contribution is 2.37. The Bertz CT molecular complexity index is 182. The van der Waals surface area contributed by atoms with Crippen molar-refractivity contribution in [3.63, 3.8) is 0 Å². The Balaban J connectivity index is 1.52. The Morgan fingerprint density at radius 2 is 2.00 bits per heavy atom. The number of hydrogen-bond acceptors (Lipinski definition) is 1. The largest absolute Gasteiger partial charge is 0.314 e. The van der Waals surface area contributed by atoms with Crippen LogP contribution in [0.4, 0.5) is 0 Å². The van der Waals surface area contributed by atoms with Crippen LogP contribution >= 0.6 is 0 Å². The Morgan fingerprint density at radius 1 is 1.21 bits per heavy atom. The van der Waals surface area contributed by atoms with Gasteiger partial charge in [0.25, 0.3) is 0 Å². The summed E-state index contributed by atoms with van der Waals surface area (Å²) in [7, 11) is 0. The summed E-state index contributed by atoms with van der Waals surface area (Å²) in [5.74, 6) is 1.11. The summed E-state index contributed by atoms with van der Waals surface area (Å²) in [6, 6.07) is 0.823. The van der Waals surface area contributed by atoms with E-state index in [9.17, 15) is 0 Å². The predicted molar refractivity (Wildman–Crippen MR) is 61.4 cm³/mol. The Kier molecular flexibility index (Phi) is 3.16. The Morgan fingerprint density at radius 3 is 2.57 bits per heavy atom. The fourth-order valence-corrected chi connectivity index (χ4v) is 2.71. The van der Waals surface area contributed by atoms with Gasteiger partial charge in [0.15, 0.2) is 0 Å². The van der Waals surface area contributed by atoms with Gasteiger partial charge in [-0.15, -0.1) is 0 Å². The van der Waals surface area contributed by atoms with Crippen LogP contribution in [0.15, 0.2) is 0 Å². The van der Waals surface area contributed by atoms with Crippen molar-refractivity contribution < 1.29 is 0 Å². The SMILES string of the molecule is CC1(C)CCC(NCCCC2CC2)C1. The van der Waals surface area contributed by atoms with Crippen molar-refractivity contribution in [2.45, 2.75) is 64.8 Å². The Labute approximate surface area is 88.7 Å². The van der Waals surface area contributed by atoms with Crippen molar-refractivity contribution in [3.05, 3.63) is 0 Å². The zero-order chi connectivity index (χ0) is 10.0. The molecule has 0 amide bonds. The molecule has 0 radical (unpaired) electrons. The third kappa shape index (κ3) is 3.27. The van der Waals surface area contributed by atoms with Gasteiger partial charge in [-0.3, -0.25) is 0 Å². The highest BCUT2D eigenvalue weighted by Gasteiger charge is 2.30. The quantitative estimate of drug-likeness (QED) is 0.663. The maximum absolute atomic E-state index is 3.72. The van der Waals surface area contributed by atoms with Crippen molar-refractivity contribution in [3.8, 4) is 0 Å². The lowest BCUT2D eigenvalue weighted by Gasteiger charge is -2.17. The van der Waals surface area contributed by atoms with Gasteiger partial charge in [-0.25, -0.2) is 0 Å². The molecule has 0 aromatic rings. The Hall–Kier alpha value is -0.0400. The lowest BCUT2D eigenvalue weighted by molar-refractivity contribution is 0.363. The van der Waals surface area contributed by atoms with Crippen LogP contribution in [0.2, 0.25) is 0 Å². The van der Waals surface area contributed by atoms with Crippen LogP contribution < -0.4 is 5.32 Å². The summed E-state index contributed by atoms with van der Waals surface area (Å²) in [4.78, 5) is 0. The van der Waals surface area contributed by atoms with Crippen LogP contribution in [0.3, 0.4) is 0 Å². The molecule has 0 spiro atoms. The third-order valence-electron chi connectivity index (χ3n) is 3.89. The van der Waals surface area contributed by atoms with Crippen LogP contribution in [0, 0.1) is 11.3 Å². The molecule has 14 heavy (non-hydrogen) atoms. The molecule has 2 aliphatic carbocycles. The molecule has 0 aromatic heterocycles. The number of rotatable bonds is 5. The van der Waals surface area contributed by atoms with Crippen LogP contribution in [0.25, 0.3) is 0 Å². The normalized spacial score (nSPS) is 30.9. The summed E-state index contributed by atoms with van der Waals surface area (Å²) in [6.45, 7) is 6.06. The molecule has 2 aliphatic rings. The van der Waals surface area contributed by atoms with E-state index < -0.39 is 0 Å². The number of hydrogen-bond donors (Lipinski definition) is 1. The van der Waals surface area contributed by atoms with Gasteiger partial charge in [-0.05, 0) is 50.0 Å². The molecule has 0 heterocycles. The molecule has 2 fully saturated rings. The molecular formula is C13H25N. The fourth-order valence-electron chi connectivity index (χ4n) is 2.71. The fraction of sp³-hybridized carbons (Fsp3) is 1.00. The first kappa shape index (κ1) is 10.5. The molecule has 82 valence electrons. The first-order valence-electron chi connectivity index (χ1n) is 6.39. The molecule has 2 saturated carbocycles. The third-order valence-corrected chi connectivity index (χ3v) is 3.89. The molecule has 1 heteroatoms. The van der Waals surface area contributed by atoms with Gasteiger partial charge in [-0.1, -0.05) is 26.7 Å². The summed E-state index contributed by atoms with van der Waals surface area (Å²) < 4.78 is 0. The van der Waals surface area contributed by atoms with Gasteiger partial charge in [0.2, 0.25) is 0 Å². The summed E-state index contributed by atoms with van der Waals surface area (Å²) in [6.07, 6.45) is 10.1. The van der Waals surface area contributed by atoms with Crippen molar-refractivity contribution >= 4 is 0 Å². The molecule has 1 unspecified atom stereocenters. The minimum Gasteiger partial charge on any atom is -0.314 e.